The van der Waals surface area contributed by atoms with Crippen LogP contribution in [0, 0.1) is 5.82 Å². The predicted molar refractivity (Wildman–Crippen MR) is 93.2 cm³/mol. The lowest BCUT2D eigenvalue weighted by Gasteiger charge is -2.35. The number of urea groups is 1. The van der Waals surface area contributed by atoms with E-state index in [9.17, 15) is 9.18 Å². The fourth-order valence-electron chi connectivity index (χ4n) is 3.52. The molecule has 6 nitrogen and oxygen atoms in total. The molecular weight excluding hydrogens is 323 g/mol. The molecule has 3 rings (SSSR count). The van der Waals surface area contributed by atoms with Crippen LogP contribution in [0.15, 0.2) is 30.3 Å². The molecule has 7 heteroatoms. The molecule has 1 aromatic heterocycles. The number of anilines is 1. The summed E-state index contributed by atoms with van der Waals surface area (Å²) in [4.78, 5) is 14.6. The van der Waals surface area contributed by atoms with Crippen LogP contribution in [-0.4, -0.2) is 39.9 Å². The van der Waals surface area contributed by atoms with Crippen molar-refractivity contribution in [2.75, 3.05) is 19.0 Å². The molecule has 0 saturated carbocycles. The zero-order chi connectivity index (χ0) is 18.0. The van der Waals surface area contributed by atoms with Crippen molar-refractivity contribution in [1.29, 1.82) is 0 Å². The third-order valence-electron chi connectivity index (χ3n) is 4.75. The van der Waals surface area contributed by atoms with Gasteiger partial charge in [0.15, 0.2) is 5.82 Å². The van der Waals surface area contributed by atoms with Gasteiger partial charge < -0.3 is 9.64 Å². The van der Waals surface area contributed by atoms with Gasteiger partial charge in [-0.05, 0) is 43.9 Å². The minimum atomic E-state index is -0.350. The molecule has 25 heavy (non-hydrogen) atoms. The number of amides is 2. The van der Waals surface area contributed by atoms with Crippen LogP contribution in [-0.2, 0) is 13.5 Å². The van der Waals surface area contributed by atoms with Crippen LogP contribution in [0.1, 0.15) is 25.3 Å². The maximum atomic E-state index is 13.5. The summed E-state index contributed by atoms with van der Waals surface area (Å²) in [6.45, 7) is 2.71. The molecule has 2 heterocycles. The molecule has 2 amide bonds. The van der Waals surface area contributed by atoms with E-state index in [0.717, 1.165) is 18.4 Å². The molecule has 1 aliphatic heterocycles. The number of aromatic nitrogens is 2. The number of nitrogens with zero attached hydrogens (tertiary/aromatic N) is 3. The second kappa shape index (κ2) is 6.74. The first-order valence-electron chi connectivity index (χ1n) is 8.32. The first-order valence-corrected chi connectivity index (χ1v) is 8.32. The topological polar surface area (TPSA) is 59.4 Å². The third-order valence-corrected chi connectivity index (χ3v) is 4.75. The van der Waals surface area contributed by atoms with Gasteiger partial charge in [0.25, 0.3) is 0 Å². The maximum absolute atomic E-state index is 13.5. The normalized spacial score (nSPS) is 19.9. The molecular formula is C18H23FN4O2. The van der Waals surface area contributed by atoms with Crippen LogP contribution in [0.25, 0.3) is 0 Å². The van der Waals surface area contributed by atoms with Gasteiger partial charge in [0, 0.05) is 25.2 Å². The highest BCUT2D eigenvalue weighted by molar-refractivity contribution is 5.89. The van der Waals surface area contributed by atoms with Crippen LogP contribution < -0.4 is 10.1 Å². The number of benzene rings is 1. The highest BCUT2D eigenvalue weighted by Crippen LogP contribution is 2.33. The maximum Gasteiger partial charge on any atom is 0.323 e. The molecule has 0 spiro atoms. The van der Waals surface area contributed by atoms with E-state index in [2.05, 4.69) is 10.4 Å². The summed E-state index contributed by atoms with van der Waals surface area (Å²) in [7, 11) is 3.30. The zero-order valence-electron chi connectivity index (χ0n) is 14.8. The van der Waals surface area contributed by atoms with Gasteiger partial charge >= 0.3 is 6.03 Å². The van der Waals surface area contributed by atoms with Gasteiger partial charge in [0.1, 0.15) is 5.82 Å². The van der Waals surface area contributed by atoms with Crippen LogP contribution in [0.4, 0.5) is 15.0 Å². The van der Waals surface area contributed by atoms with E-state index in [4.69, 9.17) is 4.74 Å². The molecule has 1 N–H and O–H groups in total. The predicted octanol–water partition coefficient (Wildman–Crippen LogP) is 3.20. The quantitative estimate of drug-likeness (QED) is 0.925. The Labute approximate surface area is 146 Å². The number of methoxy groups -OCH3 is 1. The molecule has 134 valence electrons. The van der Waals surface area contributed by atoms with E-state index in [1.54, 1.807) is 31.0 Å². The van der Waals surface area contributed by atoms with Crippen molar-refractivity contribution in [3.8, 4) is 5.88 Å². The SMILES string of the molecule is COc1cc(NC(=O)N2CCCC2(C)Cc2cccc(F)c2)nn1C. The summed E-state index contributed by atoms with van der Waals surface area (Å²) >= 11 is 0. The summed E-state index contributed by atoms with van der Waals surface area (Å²) in [5.74, 6) is 0.763. The molecule has 1 unspecified atom stereocenters. The number of carbonyl (C=O) groups is 1. The van der Waals surface area contributed by atoms with E-state index >= 15 is 0 Å². The van der Waals surface area contributed by atoms with E-state index in [-0.39, 0.29) is 17.4 Å². The highest BCUT2D eigenvalue weighted by Gasteiger charge is 2.39. The number of aryl methyl sites for hydroxylation is 1. The Kier molecular flexibility index (Phi) is 4.65. The molecule has 1 aromatic carbocycles. The lowest BCUT2D eigenvalue weighted by atomic mass is 9.90. The van der Waals surface area contributed by atoms with Crippen molar-refractivity contribution >= 4 is 11.8 Å². The number of ether oxygens (including phenoxy) is 1. The minimum Gasteiger partial charge on any atom is -0.481 e. The Bertz CT molecular complexity index is 776. The fourth-order valence-corrected chi connectivity index (χ4v) is 3.52. The first-order chi connectivity index (χ1) is 11.9. The van der Waals surface area contributed by atoms with Crippen molar-refractivity contribution < 1.29 is 13.9 Å². The summed E-state index contributed by atoms with van der Waals surface area (Å²) in [5.41, 5.74) is 0.540. The fraction of sp³-hybridized carbons (Fsp3) is 0.444. The zero-order valence-corrected chi connectivity index (χ0v) is 14.8. The average Bonchev–Trinajstić information content (AvgIpc) is 3.09. The van der Waals surface area contributed by atoms with Gasteiger partial charge in [-0.25, -0.2) is 13.9 Å². The molecule has 1 saturated heterocycles. The number of nitrogens with one attached hydrogen (secondary N) is 1. The summed E-state index contributed by atoms with van der Waals surface area (Å²) in [6, 6.07) is 8.04. The van der Waals surface area contributed by atoms with Crippen molar-refractivity contribution in [2.24, 2.45) is 7.05 Å². The van der Waals surface area contributed by atoms with Gasteiger partial charge in [-0.2, -0.15) is 5.10 Å². The second-order valence-corrected chi connectivity index (χ2v) is 6.68. The van der Waals surface area contributed by atoms with Crippen molar-refractivity contribution in [3.63, 3.8) is 0 Å². The third kappa shape index (κ3) is 3.60. The molecule has 1 aliphatic rings. The van der Waals surface area contributed by atoms with Gasteiger partial charge in [0.2, 0.25) is 5.88 Å². The molecule has 0 bridgehead atoms. The van der Waals surface area contributed by atoms with Crippen LogP contribution >= 0.6 is 0 Å². The van der Waals surface area contributed by atoms with E-state index < -0.39 is 0 Å². The smallest absolute Gasteiger partial charge is 0.323 e. The Morgan fingerprint density at radius 1 is 1.44 bits per heavy atom. The number of likely N-dealkylation sites (tertiary alicyclic amines) is 1. The van der Waals surface area contributed by atoms with Gasteiger partial charge in [-0.3, -0.25) is 5.32 Å². The second-order valence-electron chi connectivity index (χ2n) is 6.68. The Hall–Kier alpha value is -2.57. The van der Waals surface area contributed by atoms with Crippen LogP contribution in [0.2, 0.25) is 0 Å². The summed E-state index contributed by atoms with van der Waals surface area (Å²) in [6.07, 6.45) is 2.41. The van der Waals surface area contributed by atoms with E-state index in [1.165, 1.54) is 12.1 Å². The van der Waals surface area contributed by atoms with E-state index in [0.29, 0.717) is 24.7 Å². The summed E-state index contributed by atoms with van der Waals surface area (Å²) in [5, 5.41) is 7.05. The highest BCUT2D eigenvalue weighted by atomic mass is 19.1. The Balaban J connectivity index is 1.74. The molecule has 0 radical (unpaired) electrons. The summed E-state index contributed by atoms with van der Waals surface area (Å²) < 4.78 is 20.2. The van der Waals surface area contributed by atoms with Gasteiger partial charge in [-0.15, -0.1) is 0 Å². The number of hydrogen-bond acceptors (Lipinski definition) is 3. The minimum absolute atomic E-state index is 0.197. The van der Waals surface area contributed by atoms with Crippen LogP contribution in [0.3, 0.4) is 0 Å². The largest absolute Gasteiger partial charge is 0.481 e. The average molecular weight is 346 g/mol. The Morgan fingerprint density at radius 3 is 2.92 bits per heavy atom. The van der Waals surface area contributed by atoms with Crippen molar-refractivity contribution in [3.05, 3.63) is 41.7 Å². The molecule has 1 fully saturated rings. The lowest BCUT2D eigenvalue weighted by Crippen LogP contribution is -2.48. The molecule has 1 atom stereocenters. The lowest BCUT2D eigenvalue weighted by molar-refractivity contribution is 0.167. The van der Waals surface area contributed by atoms with E-state index in [1.807, 2.05) is 17.9 Å². The molecule has 2 aromatic rings. The van der Waals surface area contributed by atoms with Crippen LogP contribution in [0.5, 0.6) is 5.88 Å². The standard InChI is InChI=1S/C18H23FN4O2/c1-18(12-13-6-4-7-14(19)10-13)8-5-9-23(18)17(24)20-15-11-16(25-3)22(2)21-15/h4,6-7,10-11H,5,8-9,12H2,1-3H3,(H,20,21,24). The Morgan fingerprint density at radius 2 is 2.24 bits per heavy atom. The van der Waals surface area contributed by atoms with Crippen molar-refractivity contribution in [2.45, 2.75) is 31.7 Å². The van der Waals surface area contributed by atoms with Gasteiger partial charge in [0.05, 0.1) is 7.11 Å². The first kappa shape index (κ1) is 17.3. The number of rotatable bonds is 4. The monoisotopic (exact) mass is 346 g/mol. The number of halogens is 1. The number of carbonyl (C=O) groups excluding carboxylic acids is 1. The van der Waals surface area contributed by atoms with Gasteiger partial charge in [-0.1, -0.05) is 12.1 Å². The molecule has 0 aliphatic carbocycles. The number of hydrogen-bond donors (Lipinski definition) is 1. The van der Waals surface area contributed by atoms with Crippen molar-refractivity contribution in [1.82, 2.24) is 14.7 Å².